The lowest BCUT2D eigenvalue weighted by molar-refractivity contribution is 0.0482. The molecule has 0 saturated carbocycles. The Morgan fingerprint density at radius 1 is 1.67 bits per heavy atom. The number of nitrogens with zero attached hydrogens (tertiary/aromatic N) is 2. The molecule has 2 heterocycles. The molecule has 15 heavy (non-hydrogen) atoms. The van der Waals surface area contributed by atoms with Crippen LogP contribution in [0.1, 0.15) is 23.5 Å². The Morgan fingerprint density at radius 3 is 3.07 bits per heavy atom. The Kier molecular flexibility index (Phi) is 2.75. The highest BCUT2D eigenvalue weighted by Gasteiger charge is 2.34. The van der Waals surface area contributed by atoms with E-state index in [0.717, 1.165) is 24.5 Å². The molecule has 0 bridgehead atoms. The molecule has 82 valence electrons. The first kappa shape index (κ1) is 10.6. The molecule has 1 saturated heterocycles. The molecule has 1 fully saturated rings. The number of hydrogen-bond acceptors (Lipinski definition) is 4. The van der Waals surface area contributed by atoms with Crippen molar-refractivity contribution >= 4 is 17.2 Å². The van der Waals surface area contributed by atoms with Crippen molar-refractivity contribution in [2.45, 2.75) is 19.4 Å². The number of piperazine rings is 1. The van der Waals surface area contributed by atoms with E-state index in [2.05, 4.69) is 24.1 Å². The second kappa shape index (κ2) is 3.90. The van der Waals surface area contributed by atoms with E-state index in [1.54, 1.807) is 11.7 Å². The fourth-order valence-corrected chi connectivity index (χ4v) is 2.38. The van der Waals surface area contributed by atoms with Crippen LogP contribution in [0, 0.1) is 0 Å². The van der Waals surface area contributed by atoms with E-state index in [1.807, 2.05) is 4.90 Å². The van der Waals surface area contributed by atoms with E-state index >= 15 is 0 Å². The minimum absolute atomic E-state index is 0.101. The van der Waals surface area contributed by atoms with E-state index in [4.69, 9.17) is 0 Å². The number of carbonyl (C=O) groups is 1. The van der Waals surface area contributed by atoms with Crippen molar-refractivity contribution in [3.05, 3.63) is 16.6 Å². The number of rotatable bonds is 1. The van der Waals surface area contributed by atoms with E-state index in [1.165, 1.54) is 11.3 Å². The number of nitrogens with one attached hydrogen (secondary N) is 1. The van der Waals surface area contributed by atoms with Crippen LogP contribution in [0.25, 0.3) is 0 Å². The predicted octanol–water partition coefficient (Wildman–Crippen LogP) is 0.967. The maximum atomic E-state index is 12.1. The van der Waals surface area contributed by atoms with Crippen LogP contribution in [0.3, 0.4) is 0 Å². The molecule has 0 atom stereocenters. The van der Waals surface area contributed by atoms with Gasteiger partial charge in [-0.1, -0.05) is 0 Å². The monoisotopic (exact) mass is 225 g/mol. The zero-order valence-electron chi connectivity index (χ0n) is 8.99. The Morgan fingerprint density at radius 2 is 2.47 bits per heavy atom. The topological polar surface area (TPSA) is 45.2 Å². The molecule has 1 aromatic rings. The van der Waals surface area contributed by atoms with Gasteiger partial charge in [-0.15, -0.1) is 11.3 Å². The Labute approximate surface area is 93.3 Å². The SMILES string of the molecule is CC1(C)CNCCN1C(=O)c1cncs1. The van der Waals surface area contributed by atoms with Crippen molar-refractivity contribution in [1.29, 1.82) is 0 Å². The van der Waals surface area contributed by atoms with Crippen LogP contribution in [0.15, 0.2) is 11.7 Å². The van der Waals surface area contributed by atoms with Gasteiger partial charge in [0.1, 0.15) is 4.88 Å². The van der Waals surface area contributed by atoms with Crippen LogP contribution in [-0.4, -0.2) is 41.0 Å². The average molecular weight is 225 g/mol. The van der Waals surface area contributed by atoms with Crippen LogP contribution in [-0.2, 0) is 0 Å². The molecule has 1 amide bonds. The van der Waals surface area contributed by atoms with E-state index in [0.29, 0.717) is 0 Å². The molecule has 0 aromatic carbocycles. The molecule has 1 aliphatic heterocycles. The lowest BCUT2D eigenvalue weighted by Crippen LogP contribution is -2.59. The van der Waals surface area contributed by atoms with Gasteiger partial charge in [-0.2, -0.15) is 0 Å². The molecule has 0 radical (unpaired) electrons. The maximum absolute atomic E-state index is 12.1. The summed E-state index contributed by atoms with van der Waals surface area (Å²) in [5, 5.41) is 3.30. The largest absolute Gasteiger partial charge is 0.330 e. The van der Waals surface area contributed by atoms with Crippen molar-refractivity contribution in [3.63, 3.8) is 0 Å². The predicted molar refractivity (Wildman–Crippen MR) is 60.1 cm³/mol. The molecule has 1 aliphatic rings. The third-order valence-corrected chi connectivity index (χ3v) is 3.45. The molecule has 2 rings (SSSR count). The summed E-state index contributed by atoms with van der Waals surface area (Å²) in [6.45, 7) is 6.64. The van der Waals surface area contributed by atoms with Gasteiger partial charge in [-0.25, -0.2) is 0 Å². The van der Waals surface area contributed by atoms with Crippen molar-refractivity contribution in [3.8, 4) is 0 Å². The first-order valence-corrected chi connectivity index (χ1v) is 5.90. The van der Waals surface area contributed by atoms with Crippen LogP contribution < -0.4 is 5.32 Å². The van der Waals surface area contributed by atoms with Gasteiger partial charge < -0.3 is 10.2 Å². The van der Waals surface area contributed by atoms with E-state index < -0.39 is 0 Å². The van der Waals surface area contributed by atoms with Crippen LogP contribution in [0.5, 0.6) is 0 Å². The van der Waals surface area contributed by atoms with Gasteiger partial charge in [-0.05, 0) is 13.8 Å². The van der Waals surface area contributed by atoms with Gasteiger partial charge in [0.05, 0.1) is 17.2 Å². The minimum Gasteiger partial charge on any atom is -0.330 e. The lowest BCUT2D eigenvalue weighted by atomic mass is 10.00. The third kappa shape index (κ3) is 2.03. The van der Waals surface area contributed by atoms with Crippen molar-refractivity contribution in [2.75, 3.05) is 19.6 Å². The fraction of sp³-hybridized carbons (Fsp3) is 0.600. The highest BCUT2D eigenvalue weighted by atomic mass is 32.1. The maximum Gasteiger partial charge on any atom is 0.266 e. The Hall–Kier alpha value is -0.940. The van der Waals surface area contributed by atoms with E-state index in [-0.39, 0.29) is 11.4 Å². The highest BCUT2D eigenvalue weighted by Crippen LogP contribution is 2.20. The van der Waals surface area contributed by atoms with Gasteiger partial charge in [-0.3, -0.25) is 9.78 Å². The molecule has 4 nitrogen and oxygen atoms in total. The fourth-order valence-electron chi connectivity index (χ4n) is 1.81. The second-order valence-corrected chi connectivity index (χ2v) is 5.20. The van der Waals surface area contributed by atoms with Gasteiger partial charge in [0.2, 0.25) is 0 Å². The standard InChI is InChI=1S/C10H15N3OS/c1-10(2)6-11-3-4-13(10)9(14)8-5-12-7-15-8/h5,7,11H,3-4,6H2,1-2H3. The Balaban J connectivity index is 2.19. The van der Waals surface area contributed by atoms with E-state index in [9.17, 15) is 4.79 Å². The second-order valence-electron chi connectivity index (χ2n) is 4.31. The summed E-state index contributed by atoms with van der Waals surface area (Å²) >= 11 is 1.40. The summed E-state index contributed by atoms with van der Waals surface area (Å²) in [5.41, 5.74) is 1.59. The van der Waals surface area contributed by atoms with Crippen LogP contribution in [0.2, 0.25) is 0 Å². The first-order valence-electron chi connectivity index (χ1n) is 5.02. The summed E-state index contributed by atoms with van der Waals surface area (Å²) in [6.07, 6.45) is 1.64. The van der Waals surface area contributed by atoms with Gasteiger partial charge in [0.15, 0.2) is 0 Å². The van der Waals surface area contributed by atoms with Gasteiger partial charge >= 0.3 is 0 Å². The number of carbonyl (C=O) groups excluding carboxylic acids is 1. The molecule has 5 heteroatoms. The Bertz CT molecular complexity index is 348. The van der Waals surface area contributed by atoms with Crippen LogP contribution in [0.4, 0.5) is 0 Å². The quantitative estimate of drug-likeness (QED) is 0.774. The summed E-state index contributed by atoms with van der Waals surface area (Å²) in [4.78, 5) is 18.7. The number of hydrogen-bond donors (Lipinski definition) is 1. The molecular formula is C10H15N3OS. The van der Waals surface area contributed by atoms with Gasteiger partial charge in [0.25, 0.3) is 5.91 Å². The zero-order valence-corrected chi connectivity index (χ0v) is 9.80. The molecular weight excluding hydrogens is 210 g/mol. The average Bonchev–Trinajstić information content (AvgIpc) is 2.69. The smallest absolute Gasteiger partial charge is 0.266 e. The van der Waals surface area contributed by atoms with Crippen molar-refractivity contribution in [2.24, 2.45) is 0 Å². The molecule has 0 unspecified atom stereocenters. The first-order chi connectivity index (χ1) is 7.11. The molecule has 1 aromatic heterocycles. The summed E-state index contributed by atoms with van der Waals surface area (Å²) in [7, 11) is 0. The van der Waals surface area contributed by atoms with Gasteiger partial charge in [0, 0.05) is 19.6 Å². The minimum atomic E-state index is -0.112. The van der Waals surface area contributed by atoms with Crippen molar-refractivity contribution in [1.82, 2.24) is 15.2 Å². The number of thiazole rings is 1. The summed E-state index contributed by atoms with van der Waals surface area (Å²) in [5.74, 6) is 0.101. The number of amides is 1. The molecule has 1 N–H and O–H groups in total. The number of aromatic nitrogens is 1. The molecule has 0 spiro atoms. The molecule has 0 aliphatic carbocycles. The summed E-state index contributed by atoms with van der Waals surface area (Å²) < 4.78 is 0. The highest BCUT2D eigenvalue weighted by molar-refractivity contribution is 7.11. The summed E-state index contributed by atoms with van der Waals surface area (Å²) in [6, 6.07) is 0. The zero-order chi connectivity index (χ0) is 10.9. The lowest BCUT2D eigenvalue weighted by Gasteiger charge is -2.42. The normalized spacial score (nSPS) is 20.3. The third-order valence-electron chi connectivity index (χ3n) is 2.69. The van der Waals surface area contributed by atoms with Crippen LogP contribution >= 0.6 is 11.3 Å². The van der Waals surface area contributed by atoms with Crippen molar-refractivity contribution < 1.29 is 4.79 Å².